The predicted octanol–water partition coefficient (Wildman–Crippen LogP) is 6.09. The normalized spacial score (nSPS) is 11.1. The maximum atomic E-state index is 13.0. The van der Waals surface area contributed by atoms with E-state index in [2.05, 4.69) is 30.4 Å². The van der Waals surface area contributed by atoms with Crippen molar-refractivity contribution in [2.24, 2.45) is 0 Å². The van der Waals surface area contributed by atoms with Crippen molar-refractivity contribution in [1.29, 1.82) is 0 Å². The van der Waals surface area contributed by atoms with E-state index in [9.17, 15) is 4.79 Å². The number of benzene rings is 2. The molecule has 1 amide bonds. The van der Waals surface area contributed by atoms with Gasteiger partial charge in [0.15, 0.2) is 0 Å². The molecule has 0 spiro atoms. The van der Waals surface area contributed by atoms with Crippen LogP contribution in [0.25, 0.3) is 10.9 Å². The quantitative estimate of drug-likeness (QED) is 0.588. The van der Waals surface area contributed by atoms with E-state index in [1.54, 1.807) is 18.2 Å². The third kappa shape index (κ3) is 3.26. The lowest BCUT2D eigenvalue weighted by molar-refractivity contribution is 0.101. The number of nitrogens with one attached hydrogen (secondary N) is 1. The molecule has 1 heterocycles. The monoisotopic (exact) mass is 374 g/mol. The lowest BCUT2D eigenvalue weighted by atomic mass is 10.1. The zero-order valence-corrected chi connectivity index (χ0v) is 16.0. The Morgan fingerprint density at radius 1 is 1.12 bits per heavy atom. The molecular weight excluding hydrogens is 355 g/mol. The molecule has 0 saturated carbocycles. The molecule has 3 nitrogen and oxygen atoms in total. The number of carbonyl (C=O) groups excluding carboxylic acids is 1. The van der Waals surface area contributed by atoms with Crippen LogP contribution in [0.4, 0.5) is 5.69 Å². The summed E-state index contributed by atoms with van der Waals surface area (Å²) in [6.07, 6.45) is 0.965. The van der Waals surface area contributed by atoms with Crippen molar-refractivity contribution in [2.75, 3.05) is 5.32 Å². The van der Waals surface area contributed by atoms with Gasteiger partial charge >= 0.3 is 0 Å². The standard InChI is InChI=1S/C20H20Cl2N2O/c1-4-13-6-9-18-15(10-13)12(3)19(24(18)5-2)20(25)23-17-11-14(21)7-8-16(17)22/h6-11H,4-5H2,1-3H3,(H,23,25). The number of carbonyl (C=O) groups is 1. The number of rotatable bonds is 4. The van der Waals surface area contributed by atoms with Crippen LogP contribution in [-0.2, 0) is 13.0 Å². The fourth-order valence-electron chi connectivity index (χ4n) is 3.19. The number of amides is 1. The van der Waals surface area contributed by atoms with Gasteiger partial charge in [0, 0.05) is 22.5 Å². The Morgan fingerprint density at radius 2 is 1.88 bits per heavy atom. The van der Waals surface area contributed by atoms with Crippen LogP contribution in [0.3, 0.4) is 0 Å². The molecule has 0 bridgehead atoms. The molecule has 1 aromatic heterocycles. The Bertz CT molecular complexity index is 960. The molecule has 0 aliphatic heterocycles. The zero-order chi connectivity index (χ0) is 18.1. The topological polar surface area (TPSA) is 34.0 Å². The molecule has 130 valence electrons. The number of anilines is 1. The Kier molecular flexibility index (Phi) is 5.07. The molecule has 0 fully saturated rings. The SMILES string of the molecule is CCc1ccc2c(c1)c(C)c(C(=O)Nc1cc(Cl)ccc1Cl)n2CC. The fourth-order valence-corrected chi connectivity index (χ4v) is 3.52. The van der Waals surface area contributed by atoms with Crippen molar-refractivity contribution >= 4 is 45.7 Å². The summed E-state index contributed by atoms with van der Waals surface area (Å²) in [5, 5.41) is 5.00. The van der Waals surface area contributed by atoms with Gasteiger partial charge in [-0.3, -0.25) is 4.79 Å². The van der Waals surface area contributed by atoms with Crippen LogP contribution >= 0.6 is 23.2 Å². The van der Waals surface area contributed by atoms with Crippen molar-refractivity contribution in [3.8, 4) is 0 Å². The molecule has 2 aromatic carbocycles. The van der Waals surface area contributed by atoms with Gasteiger partial charge in [-0.15, -0.1) is 0 Å². The van der Waals surface area contributed by atoms with E-state index in [0.717, 1.165) is 22.9 Å². The fraction of sp³-hybridized carbons (Fsp3) is 0.250. The van der Waals surface area contributed by atoms with E-state index >= 15 is 0 Å². The van der Waals surface area contributed by atoms with Gasteiger partial charge < -0.3 is 9.88 Å². The Hall–Kier alpha value is -1.97. The van der Waals surface area contributed by atoms with Gasteiger partial charge in [-0.1, -0.05) is 36.2 Å². The molecule has 0 unspecified atom stereocenters. The number of halogens is 2. The Balaban J connectivity index is 2.09. The summed E-state index contributed by atoms with van der Waals surface area (Å²) in [6, 6.07) is 11.4. The summed E-state index contributed by atoms with van der Waals surface area (Å²) in [5.74, 6) is -0.183. The van der Waals surface area contributed by atoms with E-state index in [-0.39, 0.29) is 5.91 Å². The second-order valence-corrected chi connectivity index (χ2v) is 6.84. The van der Waals surface area contributed by atoms with Crippen molar-refractivity contribution in [3.05, 3.63) is 63.3 Å². The highest BCUT2D eigenvalue weighted by Crippen LogP contribution is 2.30. The first-order chi connectivity index (χ1) is 12.0. The second-order valence-electron chi connectivity index (χ2n) is 6.00. The molecular formula is C20H20Cl2N2O. The maximum absolute atomic E-state index is 13.0. The minimum atomic E-state index is -0.183. The van der Waals surface area contributed by atoms with E-state index in [4.69, 9.17) is 23.2 Å². The van der Waals surface area contributed by atoms with Gasteiger partial charge in [-0.2, -0.15) is 0 Å². The van der Waals surface area contributed by atoms with Crippen molar-refractivity contribution in [1.82, 2.24) is 4.57 Å². The van der Waals surface area contributed by atoms with Crippen LogP contribution in [0.15, 0.2) is 36.4 Å². The minimum absolute atomic E-state index is 0.183. The number of hydrogen-bond donors (Lipinski definition) is 1. The molecule has 5 heteroatoms. The van der Waals surface area contributed by atoms with Crippen molar-refractivity contribution in [3.63, 3.8) is 0 Å². The lowest BCUT2D eigenvalue weighted by Gasteiger charge is -2.11. The summed E-state index contributed by atoms with van der Waals surface area (Å²) in [4.78, 5) is 13.0. The van der Waals surface area contributed by atoms with E-state index in [1.807, 2.05) is 18.4 Å². The number of hydrogen-bond acceptors (Lipinski definition) is 1. The summed E-state index contributed by atoms with van der Waals surface area (Å²) in [7, 11) is 0. The summed E-state index contributed by atoms with van der Waals surface area (Å²) < 4.78 is 2.04. The summed E-state index contributed by atoms with van der Waals surface area (Å²) in [6.45, 7) is 6.86. The van der Waals surface area contributed by atoms with Crippen LogP contribution in [-0.4, -0.2) is 10.5 Å². The van der Waals surface area contributed by atoms with Crippen molar-refractivity contribution < 1.29 is 4.79 Å². The largest absolute Gasteiger partial charge is 0.337 e. The van der Waals surface area contributed by atoms with E-state index < -0.39 is 0 Å². The van der Waals surface area contributed by atoms with Gasteiger partial charge in [-0.25, -0.2) is 0 Å². The highest BCUT2D eigenvalue weighted by Gasteiger charge is 2.20. The number of fused-ring (bicyclic) bond motifs is 1. The third-order valence-corrected chi connectivity index (χ3v) is 5.06. The highest BCUT2D eigenvalue weighted by molar-refractivity contribution is 6.36. The van der Waals surface area contributed by atoms with Crippen LogP contribution in [0.5, 0.6) is 0 Å². The molecule has 3 rings (SSSR count). The van der Waals surface area contributed by atoms with Crippen LogP contribution < -0.4 is 5.32 Å². The molecule has 0 aliphatic carbocycles. The predicted molar refractivity (Wildman–Crippen MR) is 106 cm³/mol. The van der Waals surface area contributed by atoms with Crippen LogP contribution in [0, 0.1) is 6.92 Å². The Labute approximate surface area is 157 Å². The molecule has 0 aliphatic rings. The first-order valence-corrected chi connectivity index (χ1v) is 9.10. The van der Waals surface area contributed by atoms with Gasteiger partial charge in [0.25, 0.3) is 5.91 Å². The Morgan fingerprint density at radius 3 is 2.56 bits per heavy atom. The second kappa shape index (κ2) is 7.11. The van der Waals surface area contributed by atoms with Gasteiger partial charge in [0.2, 0.25) is 0 Å². The number of nitrogens with zero attached hydrogens (tertiary/aromatic N) is 1. The van der Waals surface area contributed by atoms with Gasteiger partial charge in [-0.05, 0) is 61.7 Å². The highest BCUT2D eigenvalue weighted by atomic mass is 35.5. The first-order valence-electron chi connectivity index (χ1n) is 8.34. The smallest absolute Gasteiger partial charge is 0.272 e. The first kappa shape index (κ1) is 17.8. The van der Waals surface area contributed by atoms with E-state index in [0.29, 0.717) is 28.0 Å². The number of aryl methyl sites for hydroxylation is 3. The molecule has 1 N–H and O–H groups in total. The maximum Gasteiger partial charge on any atom is 0.272 e. The average molecular weight is 375 g/mol. The lowest BCUT2D eigenvalue weighted by Crippen LogP contribution is -2.18. The number of aromatic nitrogens is 1. The minimum Gasteiger partial charge on any atom is -0.337 e. The summed E-state index contributed by atoms with van der Waals surface area (Å²) in [5.41, 5.74) is 4.47. The molecule has 25 heavy (non-hydrogen) atoms. The zero-order valence-electron chi connectivity index (χ0n) is 14.5. The molecule has 0 atom stereocenters. The van der Waals surface area contributed by atoms with Crippen molar-refractivity contribution in [2.45, 2.75) is 33.7 Å². The summed E-state index contributed by atoms with van der Waals surface area (Å²) >= 11 is 12.2. The van der Waals surface area contributed by atoms with Gasteiger partial charge in [0.05, 0.1) is 10.7 Å². The molecule has 0 saturated heterocycles. The van der Waals surface area contributed by atoms with Gasteiger partial charge in [0.1, 0.15) is 5.69 Å². The van der Waals surface area contributed by atoms with E-state index in [1.165, 1.54) is 5.56 Å². The molecule has 3 aromatic rings. The molecule has 0 radical (unpaired) electrons. The third-order valence-electron chi connectivity index (χ3n) is 4.50. The van der Waals surface area contributed by atoms with Crippen LogP contribution in [0.2, 0.25) is 10.0 Å². The average Bonchev–Trinajstić information content (AvgIpc) is 2.89. The van der Waals surface area contributed by atoms with Crippen LogP contribution in [0.1, 0.15) is 35.5 Å².